The molecule has 2 rings (SSSR count). The van der Waals surface area contributed by atoms with Crippen molar-refractivity contribution in [3.8, 4) is 22.6 Å². The van der Waals surface area contributed by atoms with Gasteiger partial charge in [-0.15, -0.1) is 0 Å². The molecule has 0 aliphatic rings. The lowest BCUT2D eigenvalue weighted by Crippen LogP contribution is -2.22. The molecule has 0 heterocycles. The molecule has 114 valence electrons. The third kappa shape index (κ3) is 3.59. The SMILES string of the molecule is C=Cc1ccc(O)cc1-c1cc(OC(C)(C)C)ccc1C=C. The van der Waals surface area contributed by atoms with Crippen LogP contribution >= 0.6 is 0 Å². The van der Waals surface area contributed by atoms with Crippen molar-refractivity contribution < 1.29 is 9.84 Å². The van der Waals surface area contributed by atoms with Gasteiger partial charge in [0.1, 0.15) is 17.1 Å². The molecule has 2 nitrogen and oxygen atoms in total. The highest BCUT2D eigenvalue weighted by molar-refractivity contribution is 5.82. The molecule has 0 bridgehead atoms. The molecule has 1 N–H and O–H groups in total. The first-order valence-corrected chi connectivity index (χ1v) is 7.25. The maximum Gasteiger partial charge on any atom is 0.120 e. The van der Waals surface area contributed by atoms with Gasteiger partial charge in [-0.05, 0) is 67.3 Å². The summed E-state index contributed by atoms with van der Waals surface area (Å²) in [6, 6.07) is 11.1. The Bertz CT molecular complexity index is 706. The van der Waals surface area contributed by atoms with E-state index in [0.717, 1.165) is 28.0 Å². The molecular weight excluding hydrogens is 272 g/mol. The Kier molecular flexibility index (Phi) is 4.41. The number of phenolic OH excluding ortho intramolecular Hbond substituents is 1. The zero-order valence-corrected chi connectivity index (χ0v) is 13.4. The van der Waals surface area contributed by atoms with E-state index in [1.807, 2.05) is 45.0 Å². The number of phenols is 1. The van der Waals surface area contributed by atoms with E-state index in [0.29, 0.717) is 0 Å². The summed E-state index contributed by atoms with van der Waals surface area (Å²) < 4.78 is 5.94. The molecule has 0 aliphatic heterocycles. The fraction of sp³-hybridized carbons (Fsp3) is 0.200. The fourth-order valence-corrected chi connectivity index (χ4v) is 2.32. The lowest BCUT2D eigenvalue weighted by molar-refractivity contribution is 0.131. The maximum atomic E-state index is 9.82. The van der Waals surface area contributed by atoms with Gasteiger partial charge < -0.3 is 9.84 Å². The van der Waals surface area contributed by atoms with Gasteiger partial charge in [0, 0.05) is 0 Å². The molecule has 22 heavy (non-hydrogen) atoms. The van der Waals surface area contributed by atoms with Crippen molar-refractivity contribution in [1.82, 2.24) is 0 Å². The summed E-state index contributed by atoms with van der Waals surface area (Å²) in [5.41, 5.74) is 3.53. The molecule has 0 atom stereocenters. The second-order valence-corrected chi connectivity index (χ2v) is 6.14. The van der Waals surface area contributed by atoms with E-state index >= 15 is 0 Å². The number of ether oxygens (including phenoxy) is 1. The average Bonchev–Trinajstić information content (AvgIpc) is 2.45. The largest absolute Gasteiger partial charge is 0.508 e. The van der Waals surface area contributed by atoms with Gasteiger partial charge in [-0.3, -0.25) is 0 Å². The summed E-state index contributed by atoms with van der Waals surface area (Å²) in [6.07, 6.45) is 3.58. The van der Waals surface area contributed by atoms with Gasteiger partial charge in [0.15, 0.2) is 0 Å². The quantitative estimate of drug-likeness (QED) is 0.804. The first-order valence-electron chi connectivity index (χ1n) is 7.25. The minimum atomic E-state index is -0.271. The Morgan fingerprint density at radius 2 is 1.45 bits per heavy atom. The smallest absolute Gasteiger partial charge is 0.120 e. The van der Waals surface area contributed by atoms with Crippen LogP contribution in [0.5, 0.6) is 11.5 Å². The monoisotopic (exact) mass is 294 g/mol. The summed E-state index contributed by atoms with van der Waals surface area (Å²) in [5, 5.41) is 9.82. The highest BCUT2D eigenvalue weighted by Gasteiger charge is 2.14. The molecule has 2 aromatic rings. The third-order valence-corrected chi connectivity index (χ3v) is 3.22. The van der Waals surface area contributed by atoms with E-state index in [-0.39, 0.29) is 11.4 Å². The highest BCUT2D eigenvalue weighted by atomic mass is 16.5. The van der Waals surface area contributed by atoms with Crippen LogP contribution in [0.2, 0.25) is 0 Å². The number of aromatic hydroxyl groups is 1. The van der Waals surface area contributed by atoms with Gasteiger partial charge >= 0.3 is 0 Å². The molecule has 2 aromatic carbocycles. The average molecular weight is 294 g/mol. The van der Waals surface area contributed by atoms with Crippen LogP contribution in [0.15, 0.2) is 49.6 Å². The standard InChI is InChI=1S/C20H22O2/c1-6-14-8-10-16(21)12-18(14)19-13-17(22-20(3,4)5)11-9-15(19)7-2/h6-13,21H,1-2H2,3-5H3. The van der Waals surface area contributed by atoms with Crippen molar-refractivity contribution in [3.05, 3.63) is 60.7 Å². The molecule has 0 saturated carbocycles. The summed E-state index contributed by atoms with van der Waals surface area (Å²) in [7, 11) is 0. The molecule has 0 amide bonds. The molecule has 2 heteroatoms. The molecule has 0 aromatic heterocycles. The molecule has 0 saturated heterocycles. The summed E-state index contributed by atoms with van der Waals surface area (Å²) >= 11 is 0. The predicted molar refractivity (Wildman–Crippen MR) is 94.1 cm³/mol. The lowest BCUT2D eigenvalue weighted by atomic mass is 9.94. The fourth-order valence-electron chi connectivity index (χ4n) is 2.32. The van der Waals surface area contributed by atoms with Crippen molar-refractivity contribution >= 4 is 12.2 Å². The maximum absolute atomic E-state index is 9.82. The minimum absolute atomic E-state index is 0.220. The number of hydrogen-bond acceptors (Lipinski definition) is 2. The zero-order valence-electron chi connectivity index (χ0n) is 13.4. The first kappa shape index (κ1) is 15.9. The molecule has 0 unspecified atom stereocenters. The van der Waals surface area contributed by atoms with E-state index < -0.39 is 0 Å². The van der Waals surface area contributed by atoms with E-state index in [1.54, 1.807) is 24.3 Å². The second kappa shape index (κ2) is 6.10. The number of rotatable bonds is 4. The van der Waals surface area contributed by atoms with Gasteiger partial charge in [0.05, 0.1) is 0 Å². The lowest BCUT2D eigenvalue weighted by Gasteiger charge is -2.22. The molecule has 0 fully saturated rings. The van der Waals surface area contributed by atoms with Crippen molar-refractivity contribution in [1.29, 1.82) is 0 Å². The third-order valence-electron chi connectivity index (χ3n) is 3.22. The van der Waals surface area contributed by atoms with Gasteiger partial charge in [0.25, 0.3) is 0 Å². The Labute approximate surface area is 132 Å². The van der Waals surface area contributed by atoms with E-state index in [2.05, 4.69) is 13.2 Å². The van der Waals surface area contributed by atoms with Crippen molar-refractivity contribution in [2.24, 2.45) is 0 Å². The summed E-state index contributed by atoms with van der Waals surface area (Å²) in [6.45, 7) is 13.8. The van der Waals surface area contributed by atoms with Crippen molar-refractivity contribution in [2.45, 2.75) is 26.4 Å². The molecule has 0 spiro atoms. The van der Waals surface area contributed by atoms with Gasteiger partial charge in [0.2, 0.25) is 0 Å². The van der Waals surface area contributed by atoms with Crippen LogP contribution in [0, 0.1) is 0 Å². The first-order chi connectivity index (χ1) is 10.3. The van der Waals surface area contributed by atoms with E-state index in [1.165, 1.54) is 0 Å². The van der Waals surface area contributed by atoms with Crippen molar-refractivity contribution in [2.75, 3.05) is 0 Å². The minimum Gasteiger partial charge on any atom is -0.508 e. The Morgan fingerprint density at radius 3 is 2.00 bits per heavy atom. The molecular formula is C20H22O2. The van der Waals surface area contributed by atoms with Crippen LogP contribution in [0.25, 0.3) is 23.3 Å². The zero-order chi connectivity index (χ0) is 16.3. The van der Waals surface area contributed by atoms with Crippen LogP contribution in [-0.2, 0) is 0 Å². The normalized spacial score (nSPS) is 11.0. The second-order valence-electron chi connectivity index (χ2n) is 6.14. The van der Waals surface area contributed by atoms with E-state index in [4.69, 9.17) is 4.74 Å². The van der Waals surface area contributed by atoms with Crippen LogP contribution in [0.1, 0.15) is 31.9 Å². The summed E-state index contributed by atoms with van der Waals surface area (Å²) in [4.78, 5) is 0. The van der Waals surface area contributed by atoms with Gasteiger partial charge in [-0.25, -0.2) is 0 Å². The van der Waals surface area contributed by atoms with Crippen LogP contribution < -0.4 is 4.74 Å². The van der Waals surface area contributed by atoms with Crippen LogP contribution in [-0.4, -0.2) is 10.7 Å². The molecule has 0 radical (unpaired) electrons. The summed E-state index contributed by atoms with van der Waals surface area (Å²) in [5.74, 6) is 1.00. The van der Waals surface area contributed by atoms with Gasteiger partial charge in [-0.1, -0.05) is 37.4 Å². The van der Waals surface area contributed by atoms with Crippen molar-refractivity contribution in [3.63, 3.8) is 0 Å². The number of benzene rings is 2. The van der Waals surface area contributed by atoms with Gasteiger partial charge in [-0.2, -0.15) is 0 Å². The Morgan fingerprint density at radius 1 is 0.909 bits per heavy atom. The van der Waals surface area contributed by atoms with Crippen LogP contribution in [0.3, 0.4) is 0 Å². The Balaban J connectivity index is 2.62. The topological polar surface area (TPSA) is 29.5 Å². The van der Waals surface area contributed by atoms with Crippen LogP contribution in [0.4, 0.5) is 0 Å². The Hall–Kier alpha value is -2.48. The predicted octanol–water partition coefficient (Wildman–Crippen LogP) is 5.52. The number of hydrogen-bond donors (Lipinski definition) is 1. The van der Waals surface area contributed by atoms with E-state index in [9.17, 15) is 5.11 Å². The molecule has 0 aliphatic carbocycles. The highest BCUT2D eigenvalue weighted by Crippen LogP contribution is 2.34.